The number of pyridine rings is 1. The lowest BCUT2D eigenvalue weighted by Gasteiger charge is -2.21. The minimum absolute atomic E-state index is 0.250. The van der Waals surface area contributed by atoms with Crippen LogP contribution in [0.15, 0.2) is 18.3 Å². The van der Waals surface area contributed by atoms with Gasteiger partial charge in [0.2, 0.25) is 0 Å². The highest BCUT2D eigenvalue weighted by Crippen LogP contribution is 2.14. The molecule has 0 bridgehead atoms. The zero-order chi connectivity index (χ0) is 12.2. The van der Waals surface area contributed by atoms with Crippen LogP contribution in [0.25, 0.3) is 0 Å². The number of carbonyl (C=O) groups is 1. The lowest BCUT2D eigenvalue weighted by Crippen LogP contribution is -2.28. The van der Waals surface area contributed by atoms with E-state index in [1.165, 1.54) is 13.3 Å². The zero-order valence-corrected chi connectivity index (χ0v) is 9.57. The Morgan fingerprint density at radius 2 is 2.31 bits per heavy atom. The van der Waals surface area contributed by atoms with Crippen LogP contribution >= 0.6 is 0 Å². The number of aromatic nitrogens is 1. The number of methoxy groups -OCH3 is 1. The van der Waals surface area contributed by atoms with Gasteiger partial charge in [-0.15, -0.1) is 6.42 Å². The standard InChI is InChI=1S/C12H14N2O2/c1-5-12(2,3)14-9-6-7-13-10(8-9)11(15)16-4/h1,6-8H,2-4H3,(H,13,14). The molecule has 1 heterocycles. The van der Waals surface area contributed by atoms with Gasteiger partial charge in [-0.05, 0) is 26.0 Å². The molecule has 0 fully saturated rings. The molecule has 0 atom stereocenters. The highest BCUT2D eigenvalue weighted by molar-refractivity contribution is 5.88. The number of nitrogens with one attached hydrogen (secondary N) is 1. The van der Waals surface area contributed by atoms with Gasteiger partial charge < -0.3 is 10.1 Å². The normalized spacial score (nSPS) is 10.4. The van der Waals surface area contributed by atoms with Crippen molar-refractivity contribution in [1.29, 1.82) is 0 Å². The van der Waals surface area contributed by atoms with E-state index >= 15 is 0 Å². The van der Waals surface area contributed by atoms with Gasteiger partial charge in [-0.1, -0.05) is 5.92 Å². The largest absolute Gasteiger partial charge is 0.464 e. The van der Waals surface area contributed by atoms with Crippen molar-refractivity contribution in [1.82, 2.24) is 4.98 Å². The van der Waals surface area contributed by atoms with Crippen LogP contribution < -0.4 is 5.32 Å². The Labute approximate surface area is 95.0 Å². The highest BCUT2D eigenvalue weighted by Gasteiger charge is 2.14. The summed E-state index contributed by atoms with van der Waals surface area (Å²) >= 11 is 0. The fourth-order valence-corrected chi connectivity index (χ4v) is 1.12. The van der Waals surface area contributed by atoms with Crippen LogP contribution in [0.4, 0.5) is 5.69 Å². The molecule has 0 aromatic carbocycles. The lowest BCUT2D eigenvalue weighted by atomic mass is 10.1. The van der Waals surface area contributed by atoms with Crippen molar-refractivity contribution in [2.45, 2.75) is 19.4 Å². The molecule has 0 amide bonds. The summed E-state index contributed by atoms with van der Waals surface area (Å²) in [4.78, 5) is 15.1. The summed E-state index contributed by atoms with van der Waals surface area (Å²) in [5.74, 6) is 2.13. The molecule has 0 unspecified atom stereocenters. The molecule has 0 radical (unpaired) electrons. The van der Waals surface area contributed by atoms with Crippen molar-refractivity contribution in [2.75, 3.05) is 12.4 Å². The van der Waals surface area contributed by atoms with Crippen LogP contribution in [0.1, 0.15) is 24.3 Å². The Morgan fingerprint density at radius 1 is 1.62 bits per heavy atom. The number of ether oxygens (including phenoxy) is 1. The first-order valence-electron chi connectivity index (χ1n) is 4.79. The van der Waals surface area contributed by atoms with Gasteiger partial charge in [-0.25, -0.2) is 9.78 Å². The van der Waals surface area contributed by atoms with Crippen molar-refractivity contribution in [3.05, 3.63) is 24.0 Å². The maximum absolute atomic E-state index is 11.2. The molecule has 1 N–H and O–H groups in total. The van der Waals surface area contributed by atoms with E-state index in [-0.39, 0.29) is 5.69 Å². The number of carbonyl (C=O) groups excluding carboxylic acids is 1. The topological polar surface area (TPSA) is 51.2 Å². The summed E-state index contributed by atoms with van der Waals surface area (Å²) in [5, 5.41) is 3.10. The number of rotatable bonds is 3. The van der Waals surface area contributed by atoms with Gasteiger partial charge in [0.25, 0.3) is 0 Å². The maximum atomic E-state index is 11.2. The lowest BCUT2D eigenvalue weighted by molar-refractivity contribution is 0.0594. The van der Waals surface area contributed by atoms with Gasteiger partial charge >= 0.3 is 5.97 Å². The second-order valence-corrected chi connectivity index (χ2v) is 3.82. The molecule has 1 aromatic rings. The monoisotopic (exact) mass is 218 g/mol. The fraction of sp³-hybridized carbons (Fsp3) is 0.333. The van der Waals surface area contributed by atoms with Crippen LogP contribution in [0.3, 0.4) is 0 Å². The average molecular weight is 218 g/mol. The van der Waals surface area contributed by atoms with Gasteiger partial charge in [-0.2, -0.15) is 0 Å². The maximum Gasteiger partial charge on any atom is 0.356 e. The number of hydrogen-bond acceptors (Lipinski definition) is 4. The summed E-state index contributed by atoms with van der Waals surface area (Å²) in [5.41, 5.74) is 0.507. The number of esters is 1. The predicted octanol–water partition coefficient (Wildman–Crippen LogP) is 1.69. The van der Waals surface area contributed by atoms with Crippen LogP contribution in [0, 0.1) is 12.3 Å². The minimum atomic E-state index is -0.477. The number of hydrogen-bond donors (Lipinski definition) is 1. The predicted molar refractivity (Wildman–Crippen MR) is 62.1 cm³/mol. The summed E-state index contributed by atoms with van der Waals surface area (Å²) in [6.45, 7) is 3.73. The Hall–Kier alpha value is -2.02. The second-order valence-electron chi connectivity index (χ2n) is 3.82. The van der Waals surface area contributed by atoms with Gasteiger partial charge in [0.05, 0.1) is 12.6 Å². The molecule has 4 nitrogen and oxygen atoms in total. The molecule has 4 heteroatoms. The first kappa shape index (κ1) is 12.1. The van der Waals surface area contributed by atoms with Gasteiger partial charge in [-0.3, -0.25) is 0 Å². The number of terminal acetylenes is 1. The third-order valence-corrected chi connectivity index (χ3v) is 1.97. The Morgan fingerprint density at radius 3 is 2.88 bits per heavy atom. The van der Waals surface area contributed by atoms with Crippen LogP contribution in [-0.4, -0.2) is 23.6 Å². The summed E-state index contributed by atoms with van der Waals surface area (Å²) in [6.07, 6.45) is 6.89. The molecule has 1 rings (SSSR count). The molecular weight excluding hydrogens is 204 g/mol. The Kier molecular flexibility index (Phi) is 3.51. The van der Waals surface area contributed by atoms with Crippen molar-refractivity contribution in [3.8, 4) is 12.3 Å². The molecule has 0 aliphatic carbocycles. The van der Waals surface area contributed by atoms with Crippen molar-refractivity contribution >= 4 is 11.7 Å². The number of anilines is 1. The van der Waals surface area contributed by atoms with E-state index < -0.39 is 11.5 Å². The minimum Gasteiger partial charge on any atom is -0.464 e. The molecule has 84 valence electrons. The third-order valence-electron chi connectivity index (χ3n) is 1.97. The van der Waals surface area contributed by atoms with Crippen molar-refractivity contribution < 1.29 is 9.53 Å². The van der Waals surface area contributed by atoms with E-state index in [1.54, 1.807) is 12.1 Å². The Bertz CT molecular complexity index is 433. The zero-order valence-electron chi connectivity index (χ0n) is 9.57. The highest BCUT2D eigenvalue weighted by atomic mass is 16.5. The smallest absolute Gasteiger partial charge is 0.356 e. The van der Waals surface area contributed by atoms with E-state index in [2.05, 4.69) is 21.0 Å². The third kappa shape index (κ3) is 2.99. The first-order chi connectivity index (χ1) is 7.48. The molecule has 0 aliphatic rings. The Balaban J connectivity index is 2.92. The van der Waals surface area contributed by atoms with E-state index in [0.717, 1.165) is 5.69 Å². The first-order valence-corrected chi connectivity index (χ1v) is 4.79. The van der Waals surface area contributed by atoms with E-state index in [9.17, 15) is 4.79 Å². The summed E-state index contributed by atoms with van der Waals surface area (Å²) in [6, 6.07) is 3.34. The second kappa shape index (κ2) is 4.67. The van der Waals surface area contributed by atoms with Crippen LogP contribution in [0.5, 0.6) is 0 Å². The quantitative estimate of drug-likeness (QED) is 0.619. The number of nitrogens with zero attached hydrogens (tertiary/aromatic N) is 1. The van der Waals surface area contributed by atoms with Crippen molar-refractivity contribution in [3.63, 3.8) is 0 Å². The van der Waals surface area contributed by atoms with Gasteiger partial charge in [0.1, 0.15) is 5.69 Å². The molecule has 0 aliphatic heterocycles. The van der Waals surface area contributed by atoms with Crippen LogP contribution in [-0.2, 0) is 4.74 Å². The molecular formula is C12H14N2O2. The van der Waals surface area contributed by atoms with Gasteiger partial charge in [0, 0.05) is 11.9 Å². The summed E-state index contributed by atoms with van der Waals surface area (Å²) in [7, 11) is 1.31. The average Bonchev–Trinajstić information content (AvgIpc) is 2.28. The fourth-order valence-electron chi connectivity index (χ4n) is 1.12. The summed E-state index contributed by atoms with van der Waals surface area (Å²) < 4.78 is 4.58. The van der Waals surface area contributed by atoms with Gasteiger partial charge in [0.15, 0.2) is 0 Å². The van der Waals surface area contributed by atoms with E-state index in [1.807, 2.05) is 13.8 Å². The van der Waals surface area contributed by atoms with Crippen molar-refractivity contribution in [2.24, 2.45) is 0 Å². The molecule has 1 aromatic heterocycles. The molecule has 16 heavy (non-hydrogen) atoms. The molecule has 0 spiro atoms. The van der Waals surface area contributed by atoms with Crippen LogP contribution in [0.2, 0.25) is 0 Å². The van der Waals surface area contributed by atoms with E-state index in [0.29, 0.717) is 0 Å². The SMILES string of the molecule is C#CC(C)(C)Nc1ccnc(C(=O)OC)c1. The molecule has 0 saturated carbocycles. The van der Waals surface area contributed by atoms with E-state index in [4.69, 9.17) is 6.42 Å². The molecule has 0 saturated heterocycles.